The second-order valence-electron chi connectivity index (χ2n) is 4.07. The maximum Gasteiger partial charge on any atom is 0.501 e. The molecule has 2 N–H and O–H groups in total. The molecule has 0 aliphatic carbocycles. The van der Waals surface area contributed by atoms with Gasteiger partial charge in [0.2, 0.25) is 11.5 Å². The number of anilines is 1. The van der Waals surface area contributed by atoms with Crippen molar-refractivity contribution in [3.63, 3.8) is 0 Å². The molecule has 1 aromatic carbocycles. The number of hydrogen-bond acceptors (Lipinski definition) is 6. The lowest BCUT2D eigenvalue weighted by Gasteiger charge is -2.00. The van der Waals surface area contributed by atoms with E-state index in [-0.39, 0.29) is 5.75 Å². The number of hydrogen-bond donors (Lipinski definition) is 1. The molecule has 3 rings (SSSR count). The van der Waals surface area contributed by atoms with E-state index in [9.17, 15) is 8.40 Å². The summed E-state index contributed by atoms with van der Waals surface area (Å²) < 4.78 is 29.0. The van der Waals surface area contributed by atoms with Crippen molar-refractivity contribution in [1.82, 2.24) is 14.4 Å². The molecule has 0 saturated heterocycles. The normalized spacial score (nSPS) is 11.2. The summed E-state index contributed by atoms with van der Waals surface area (Å²) in [6, 6.07) is 6.78. The first-order valence-corrected chi connectivity index (χ1v) is 8.71. The van der Waals surface area contributed by atoms with Gasteiger partial charge >= 0.3 is 14.8 Å². The molecular weight excluding hydrogens is 455 g/mol. The molecule has 0 atom stereocenters. The molecule has 7 nitrogen and oxygen atoms in total. The van der Waals surface area contributed by atoms with E-state index in [4.69, 9.17) is 9.56 Å². The molecule has 0 radical (unpaired) electrons. The Balaban J connectivity index is 2.12. The third-order valence-electron chi connectivity index (χ3n) is 2.74. The van der Waals surface area contributed by atoms with Gasteiger partial charge in [-0.05, 0) is 34.7 Å². The van der Waals surface area contributed by atoms with Gasteiger partial charge in [-0.2, -0.15) is 4.98 Å². The first-order chi connectivity index (χ1) is 10.0. The van der Waals surface area contributed by atoms with Crippen LogP contribution in [0.2, 0.25) is 0 Å². The van der Waals surface area contributed by atoms with Gasteiger partial charge in [0.1, 0.15) is 5.82 Å². The van der Waals surface area contributed by atoms with Crippen LogP contribution < -0.4 is 18.0 Å². The van der Waals surface area contributed by atoms with Crippen molar-refractivity contribution in [1.29, 1.82) is 0 Å². The number of aromatic nitrogens is 3. The Bertz CT molecular complexity index is 769. The molecule has 0 aliphatic rings. The zero-order valence-corrected chi connectivity index (χ0v) is 14.1. The van der Waals surface area contributed by atoms with Crippen molar-refractivity contribution in [2.24, 2.45) is 0 Å². The van der Waals surface area contributed by atoms with Crippen LogP contribution in [0.4, 0.5) is 5.82 Å². The fraction of sp³-hybridized carbons (Fsp3) is 0. The Hall–Kier alpha value is -1.43. The van der Waals surface area contributed by atoms with E-state index in [2.05, 4.69) is 32.6 Å². The van der Waals surface area contributed by atoms with Crippen LogP contribution in [0.15, 0.2) is 36.7 Å². The lowest BCUT2D eigenvalue weighted by atomic mass is 10.1. The number of nitrogens with zero attached hydrogens (tertiary/aromatic N) is 3. The van der Waals surface area contributed by atoms with Crippen LogP contribution in [0, 0.1) is 18.4 Å². The second-order valence-corrected chi connectivity index (χ2v) is 6.35. The largest absolute Gasteiger partial charge is 0.501 e. The zero-order valence-electron chi connectivity index (χ0n) is 10.4. The fourth-order valence-corrected chi connectivity index (χ4v) is 2.84. The van der Waals surface area contributed by atoms with Gasteiger partial charge in [-0.25, -0.2) is 4.98 Å². The van der Waals surface area contributed by atoms with Crippen LogP contribution >= 0.6 is 22.6 Å². The molecule has 0 unspecified atom stereocenters. The summed E-state index contributed by atoms with van der Waals surface area (Å²) in [6.45, 7) is 0. The molecule has 0 spiro atoms. The van der Waals surface area contributed by atoms with Crippen LogP contribution in [-0.4, -0.2) is 14.4 Å². The lowest BCUT2D eigenvalue weighted by Crippen LogP contribution is -2.36. The summed E-state index contributed by atoms with van der Waals surface area (Å²) in [4.78, 5) is 8.53. The van der Waals surface area contributed by atoms with E-state index < -0.39 is 14.8 Å². The quantitative estimate of drug-likeness (QED) is 0.550. The molecular formula is C12H8BrIN4O3. The monoisotopic (exact) mass is 462 g/mol. The standard InChI is InChI=1S/C12H8BrIN4O3/c14-8-5-18-6-9(16-12(18)17-11(8)15)7-3-1-2-4-10(7)21-13(19)20/h1-6H,(H2,15,16,17). The van der Waals surface area contributed by atoms with E-state index in [1.807, 2.05) is 0 Å². The summed E-state index contributed by atoms with van der Waals surface area (Å²) in [5.41, 5.74) is 6.89. The molecule has 0 bridgehead atoms. The van der Waals surface area contributed by atoms with Gasteiger partial charge in [0.05, 0.1) is 14.8 Å². The minimum atomic E-state index is -3.35. The predicted molar refractivity (Wildman–Crippen MR) is 76.2 cm³/mol. The Morgan fingerprint density at radius 2 is 1.95 bits per heavy atom. The maximum absolute atomic E-state index is 10.8. The van der Waals surface area contributed by atoms with Crippen molar-refractivity contribution >= 4 is 34.2 Å². The molecule has 0 fully saturated rings. The molecule has 21 heavy (non-hydrogen) atoms. The number of benzene rings is 1. The summed E-state index contributed by atoms with van der Waals surface area (Å²) >= 11 is -1.27. The van der Waals surface area contributed by atoms with Crippen molar-refractivity contribution in [3.05, 3.63) is 40.2 Å². The molecule has 108 valence electrons. The van der Waals surface area contributed by atoms with Crippen molar-refractivity contribution in [2.45, 2.75) is 0 Å². The molecule has 3 aromatic rings. The average molecular weight is 463 g/mol. The van der Waals surface area contributed by atoms with E-state index in [1.165, 1.54) is 0 Å². The number of fused-ring (bicyclic) bond motifs is 1. The summed E-state index contributed by atoms with van der Waals surface area (Å²) in [5.74, 6) is 1.07. The van der Waals surface area contributed by atoms with E-state index in [0.29, 0.717) is 22.9 Å². The van der Waals surface area contributed by atoms with Crippen LogP contribution in [0.3, 0.4) is 0 Å². The number of para-hydroxylation sites is 1. The van der Waals surface area contributed by atoms with Crippen LogP contribution in [0.25, 0.3) is 17.0 Å². The Kier molecular flexibility index (Phi) is 3.97. The van der Waals surface area contributed by atoms with E-state index in [1.54, 1.807) is 41.1 Å². The number of nitrogen functional groups attached to an aromatic ring is 1. The summed E-state index contributed by atoms with van der Waals surface area (Å²) in [7, 11) is 0. The highest BCUT2D eigenvalue weighted by Gasteiger charge is 2.19. The van der Waals surface area contributed by atoms with E-state index in [0.717, 1.165) is 3.57 Å². The van der Waals surface area contributed by atoms with E-state index >= 15 is 0 Å². The van der Waals surface area contributed by atoms with Crippen molar-refractivity contribution in [3.8, 4) is 17.0 Å². The average Bonchev–Trinajstić information content (AvgIpc) is 2.82. The fourth-order valence-electron chi connectivity index (χ4n) is 1.85. The molecule has 9 heteroatoms. The Morgan fingerprint density at radius 3 is 2.71 bits per heavy atom. The van der Waals surface area contributed by atoms with Crippen LogP contribution in [0.1, 0.15) is 0 Å². The summed E-state index contributed by atoms with van der Waals surface area (Å²) in [6.07, 6.45) is 3.54. The molecule has 0 amide bonds. The maximum atomic E-state index is 10.8. The van der Waals surface area contributed by atoms with Gasteiger partial charge < -0.3 is 14.1 Å². The Morgan fingerprint density at radius 1 is 1.19 bits per heavy atom. The predicted octanol–water partition coefficient (Wildman–Crippen LogP) is 0.0482. The zero-order chi connectivity index (χ0) is 15.0. The first kappa shape index (κ1) is 14.5. The van der Waals surface area contributed by atoms with Crippen molar-refractivity contribution in [2.75, 3.05) is 5.73 Å². The SMILES string of the molecule is Nc1nc2nc(-c3ccccc3O[Br+2]([O-])[O-])cn2cc1I. The van der Waals surface area contributed by atoms with Gasteiger partial charge in [0, 0.05) is 12.4 Å². The Labute approximate surface area is 138 Å². The van der Waals surface area contributed by atoms with Gasteiger partial charge in [-0.15, -0.1) is 3.83 Å². The third kappa shape index (κ3) is 2.95. The highest BCUT2D eigenvalue weighted by molar-refractivity contribution is 14.1. The topological polar surface area (TPSA) is 112 Å². The van der Waals surface area contributed by atoms with Gasteiger partial charge in [-0.3, -0.25) is 4.40 Å². The highest BCUT2D eigenvalue weighted by Crippen LogP contribution is 2.29. The first-order valence-electron chi connectivity index (χ1n) is 5.68. The number of rotatable bonds is 3. The highest BCUT2D eigenvalue weighted by atomic mass is 127. The molecule has 0 aliphatic heterocycles. The third-order valence-corrected chi connectivity index (χ3v) is 4.18. The number of halogens is 2. The minimum Gasteiger partial charge on any atom is -0.383 e. The summed E-state index contributed by atoms with van der Waals surface area (Å²) in [5, 5.41) is 0. The smallest absolute Gasteiger partial charge is 0.383 e. The van der Waals surface area contributed by atoms with Crippen molar-refractivity contribution < 1.29 is 27.0 Å². The molecule has 2 heterocycles. The molecule has 2 aromatic heterocycles. The lowest BCUT2D eigenvalue weighted by molar-refractivity contribution is -1.62. The number of nitrogens with two attached hydrogens (primary N) is 1. The molecule has 0 saturated carbocycles. The minimum absolute atomic E-state index is 0.239. The van der Waals surface area contributed by atoms with Gasteiger partial charge in [-0.1, -0.05) is 12.1 Å². The second kappa shape index (κ2) is 5.75. The van der Waals surface area contributed by atoms with Gasteiger partial charge in [0.15, 0.2) is 0 Å². The number of imidazole rings is 1. The van der Waals surface area contributed by atoms with Crippen LogP contribution in [0.5, 0.6) is 5.75 Å². The van der Waals surface area contributed by atoms with Crippen LogP contribution in [-0.2, 0) is 0 Å². The van der Waals surface area contributed by atoms with Gasteiger partial charge in [0.25, 0.3) is 0 Å².